The highest BCUT2D eigenvalue weighted by atomic mass is 79.9. The normalized spacial score (nSPS) is 15.0. The van der Waals surface area contributed by atoms with E-state index in [-0.39, 0.29) is 5.92 Å². The molecule has 0 aliphatic carbocycles. The third kappa shape index (κ3) is 2.68. The van der Waals surface area contributed by atoms with Crippen molar-refractivity contribution in [2.24, 2.45) is 5.92 Å². The number of benzene rings is 1. The van der Waals surface area contributed by atoms with Crippen molar-refractivity contribution in [3.8, 4) is 0 Å². The van der Waals surface area contributed by atoms with Crippen LogP contribution in [0, 0.1) is 5.92 Å². The topological polar surface area (TPSA) is 20.2 Å². The minimum absolute atomic E-state index is 0.0781. The van der Waals surface area contributed by atoms with Crippen molar-refractivity contribution in [2.75, 3.05) is 0 Å². The predicted molar refractivity (Wildman–Crippen MR) is 58.5 cm³/mol. The van der Waals surface area contributed by atoms with Crippen molar-refractivity contribution < 1.29 is 5.11 Å². The van der Waals surface area contributed by atoms with Crippen molar-refractivity contribution in [1.29, 1.82) is 0 Å². The summed E-state index contributed by atoms with van der Waals surface area (Å²) < 4.78 is 0.986. The lowest BCUT2D eigenvalue weighted by Gasteiger charge is -2.15. The number of aliphatic hydroxyl groups is 1. The third-order valence-corrected chi connectivity index (χ3v) is 2.55. The van der Waals surface area contributed by atoms with Gasteiger partial charge in [0.05, 0.1) is 6.10 Å². The molecule has 0 bridgehead atoms. The highest BCUT2D eigenvalue weighted by molar-refractivity contribution is 9.10. The average Bonchev–Trinajstić information content (AvgIpc) is 2.15. The molecule has 0 aliphatic rings. The Morgan fingerprint density at radius 2 is 2.23 bits per heavy atom. The van der Waals surface area contributed by atoms with E-state index in [1.54, 1.807) is 6.08 Å². The molecule has 2 heteroatoms. The molecule has 1 aromatic carbocycles. The van der Waals surface area contributed by atoms with Crippen LogP contribution in [0.15, 0.2) is 41.4 Å². The van der Waals surface area contributed by atoms with Crippen molar-refractivity contribution in [3.05, 3.63) is 47.0 Å². The lowest BCUT2D eigenvalue weighted by atomic mass is 9.98. The van der Waals surface area contributed by atoms with Gasteiger partial charge in [-0.1, -0.05) is 41.1 Å². The molecule has 0 fully saturated rings. The quantitative estimate of drug-likeness (QED) is 0.805. The second-order valence-corrected chi connectivity index (χ2v) is 4.01. The van der Waals surface area contributed by atoms with E-state index in [1.165, 1.54) is 0 Å². The zero-order chi connectivity index (χ0) is 9.84. The number of halogens is 1. The first-order chi connectivity index (χ1) is 6.15. The van der Waals surface area contributed by atoms with E-state index in [0.29, 0.717) is 0 Å². The minimum atomic E-state index is -0.463. The van der Waals surface area contributed by atoms with Gasteiger partial charge in [0.15, 0.2) is 0 Å². The van der Waals surface area contributed by atoms with Gasteiger partial charge in [0.2, 0.25) is 0 Å². The molecule has 0 saturated carbocycles. The van der Waals surface area contributed by atoms with Gasteiger partial charge < -0.3 is 5.11 Å². The fourth-order valence-corrected chi connectivity index (χ4v) is 1.54. The van der Waals surface area contributed by atoms with Gasteiger partial charge in [-0.25, -0.2) is 0 Å². The second-order valence-electron chi connectivity index (χ2n) is 3.09. The molecule has 0 amide bonds. The summed E-state index contributed by atoms with van der Waals surface area (Å²) in [6.07, 6.45) is 1.29. The lowest BCUT2D eigenvalue weighted by molar-refractivity contribution is 0.140. The average molecular weight is 241 g/mol. The van der Waals surface area contributed by atoms with Crippen LogP contribution >= 0.6 is 15.9 Å². The second kappa shape index (κ2) is 4.58. The van der Waals surface area contributed by atoms with Crippen LogP contribution in [0.25, 0.3) is 0 Å². The summed E-state index contributed by atoms with van der Waals surface area (Å²) in [5.74, 6) is 0.0781. The van der Waals surface area contributed by atoms with Gasteiger partial charge in [0, 0.05) is 10.4 Å². The Bertz CT molecular complexity index is 296. The zero-order valence-electron chi connectivity index (χ0n) is 7.57. The molecular formula is C11H13BrO. The standard InChI is InChI=1S/C11H13BrO/c1-3-8(2)11(13)9-5-4-6-10(12)7-9/h3-8,11,13H,1H2,2H3. The molecule has 2 unspecified atom stereocenters. The van der Waals surface area contributed by atoms with E-state index in [1.807, 2.05) is 31.2 Å². The SMILES string of the molecule is C=CC(C)C(O)c1cccc(Br)c1. The van der Waals surface area contributed by atoms with Crippen LogP contribution in [0.3, 0.4) is 0 Å². The molecule has 0 aromatic heterocycles. The summed E-state index contributed by atoms with van der Waals surface area (Å²) in [4.78, 5) is 0. The van der Waals surface area contributed by atoms with E-state index in [0.717, 1.165) is 10.0 Å². The van der Waals surface area contributed by atoms with Crippen LogP contribution in [0.1, 0.15) is 18.6 Å². The molecule has 1 N–H and O–H groups in total. The smallest absolute Gasteiger partial charge is 0.0850 e. The summed E-state index contributed by atoms with van der Waals surface area (Å²) in [5.41, 5.74) is 0.918. The van der Waals surface area contributed by atoms with Gasteiger partial charge in [-0.15, -0.1) is 6.58 Å². The van der Waals surface area contributed by atoms with Crippen molar-refractivity contribution >= 4 is 15.9 Å². The number of hydrogen-bond donors (Lipinski definition) is 1. The largest absolute Gasteiger partial charge is 0.388 e. The fraction of sp³-hybridized carbons (Fsp3) is 0.273. The summed E-state index contributed by atoms with van der Waals surface area (Å²) in [6, 6.07) is 7.69. The fourth-order valence-electron chi connectivity index (χ4n) is 1.12. The van der Waals surface area contributed by atoms with Crippen molar-refractivity contribution in [3.63, 3.8) is 0 Å². The van der Waals surface area contributed by atoms with Crippen molar-refractivity contribution in [1.82, 2.24) is 0 Å². The maximum absolute atomic E-state index is 9.82. The highest BCUT2D eigenvalue weighted by Gasteiger charge is 2.12. The molecule has 1 nitrogen and oxygen atoms in total. The Morgan fingerprint density at radius 3 is 2.77 bits per heavy atom. The molecule has 0 spiro atoms. The maximum atomic E-state index is 9.82. The number of aliphatic hydroxyl groups excluding tert-OH is 1. The Morgan fingerprint density at radius 1 is 1.54 bits per heavy atom. The molecule has 1 rings (SSSR count). The van der Waals surface area contributed by atoms with Crippen LogP contribution < -0.4 is 0 Å². The molecule has 1 aromatic rings. The molecule has 0 heterocycles. The molecular weight excluding hydrogens is 228 g/mol. The van der Waals surface area contributed by atoms with E-state index in [9.17, 15) is 5.11 Å². The third-order valence-electron chi connectivity index (χ3n) is 2.06. The maximum Gasteiger partial charge on any atom is 0.0850 e. The number of rotatable bonds is 3. The summed E-state index contributed by atoms with van der Waals surface area (Å²) in [7, 11) is 0. The molecule has 13 heavy (non-hydrogen) atoms. The van der Waals surface area contributed by atoms with E-state index in [2.05, 4.69) is 22.5 Å². The first-order valence-corrected chi connectivity index (χ1v) is 5.00. The Kier molecular flexibility index (Phi) is 3.70. The van der Waals surface area contributed by atoms with Crippen LogP contribution in [0.2, 0.25) is 0 Å². The first kappa shape index (κ1) is 10.5. The van der Waals surface area contributed by atoms with Crippen LogP contribution in [0.5, 0.6) is 0 Å². The van der Waals surface area contributed by atoms with Gasteiger partial charge in [-0.05, 0) is 17.7 Å². The highest BCUT2D eigenvalue weighted by Crippen LogP contribution is 2.24. The van der Waals surface area contributed by atoms with Gasteiger partial charge in [0.1, 0.15) is 0 Å². The van der Waals surface area contributed by atoms with Gasteiger partial charge in [0.25, 0.3) is 0 Å². The van der Waals surface area contributed by atoms with Crippen LogP contribution in [-0.4, -0.2) is 5.11 Å². The molecule has 70 valence electrons. The molecule has 0 saturated heterocycles. The van der Waals surface area contributed by atoms with E-state index < -0.39 is 6.10 Å². The van der Waals surface area contributed by atoms with Crippen LogP contribution in [-0.2, 0) is 0 Å². The monoisotopic (exact) mass is 240 g/mol. The van der Waals surface area contributed by atoms with Crippen molar-refractivity contribution in [2.45, 2.75) is 13.0 Å². The minimum Gasteiger partial charge on any atom is -0.388 e. The first-order valence-electron chi connectivity index (χ1n) is 4.21. The Hall–Kier alpha value is -0.600. The Balaban J connectivity index is 2.88. The summed E-state index contributed by atoms with van der Waals surface area (Å²) >= 11 is 3.36. The van der Waals surface area contributed by atoms with Gasteiger partial charge in [-0.3, -0.25) is 0 Å². The Labute approximate surface area is 87.2 Å². The lowest BCUT2D eigenvalue weighted by Crippen LogP contribution is -2.05. The number of hydrogen-bond acceptors (Lipinski definition) is 1. The molecule has 0 aliphatic heterocycles. The van der Waals surface area contributed by atoms with Crippen LogP contribution in [0.4, 0.5) is 0 Å². The van der Waals surface area contributed by atoms with E-state index >= 15 is 0 Å². The molecule has 0 radical (unpaired) electrons. The summed E-state index contributed by atoms with van der Waals surface area (Å²) in [5, 5.41) is 9.82. The molecule has 2 atom stereocenters. The van der Waals surface area contributed by atoms with Gasteiger partial charge >= 0.3 is 0 Å². The predicted octanol–water partition coefficient (Wildman–Crippen LogP) is 3.30. The zero-order valence-corrected chi connectivity index (χ0v) is 9.16. The summed E-state index contributed by atoms with van der Waals surface area (Å²) in [6.45, 7) is 5.60. The van der Waals surface area contributed by atoms with Gasteiger partial charge in [-0.2, -0.15) is 0 Å². The van der Waals surface area contributed by atoms with E-state index in [4.69, 9.17) is 0 Å².